The largest absolute Gasteiger partial charge is 0.362 e. The predicted molar refractivity (Wildman–Crippen MR) is 64.0 cm³/mol. The Labute approximate surface area is 87.6 Å². The molecule has 0 N–H and O–H groups in total. The Balaban J connectivity index is 4.13. The zero-order valence-corrected chi connectivity index (χ0v) is 10.4. The summed E-state index contributed by atoms with van der Waals surface area (Å²) in [6, 6.07) is 1.11. The Morgan fingerprint density at radius 2 is 1.69 bits per heavy atom. The van der Waals surface area contributed by atoms with E-state index < -0.39 is 0 Å². The minimum absolute atomic E-state index is 0.553. The van der Waals surface area contributed by atoms with Crippen LogP contribution in [0.25, 0.3) is 0 Å². The van der Waals surface area contributed by atoms with E-state index >= 15 is 0 Å². The summed E-state index contributed by atoms with van der Waals surface area (Å²) in [6.45, 7) is 15.2. The third-order valence-corrected chi connectivity index (χ3v) is 3.03. The van der Waals surface area contributed by atoms with Crippen LogP contribution in [0.5, 0.6) is 0 Å². The molecule has 0 rings (SSSR count). The summed E-state index contributed by atoms with van der Waals surface area (Å²) in [5, 5.41) is 1.21. The van der Waals surface area contributed by atoms with Gasteiger partial charge >= 0.3 is 0 Å². The zero-order valence-electron chi connectivity index (χ0n) is 9.63. The molecule has 0 fully saturated rings. The second kappa shape index (κ2) is 6.36. The van der Waals surface area contributed by atoms with Crippen LogP contribution in [0.4, 0.5) is 0 Å². The fourth-order valence-electron chi connectivity index (χ4n) is 1.47. The summed E-state index contributed by atoms with van der Waals surface area (Å²) in [5.74, 6) is 1.18. The van der Waals surface area contributed by atoms with E-state index in [9.17, 15) is 0 Å². The summed E-state index contributed by atoms with van der Waals surface area (Å²) < 4.78 is 0. The lowest BCUT2D eigenvalue weighted by Gasteiger charge is -2.34. The maximum absolute atomic E-state index is 4.12. The van der Waals surface area contributed by atoms with Gasteiger partial charge in [-0.2, -0.15) is 0 Å². The minimum Gasteiger partial charge on any atom is -0.362 e. The molecule has 0 unspecified atom stereocenters. The van der Waals surface area contributed by atoms with Crippen molar-refractivity contribution < 1.29 is 0 Å². The molecule has 0 aromatic carbocycles. The monoisotopic (exact) mass is 201 g/mol. The molecule has 2 heteroatoms. The fraction of sp³-hybridized carbons (Fsp3) is 0.818. The first-order valence-corrected chi connectivity index (χ1v) is 6.09. The van der Waals surface area contributed by atoms with Crippen molar-refractivity contribution in [3.05, 3.63) is 11.6 Å². The van der Waals surface area contributed by atoms with Gasteiger partial charge in [-0.25, -0.2) is 0 Å². The SMILES string of the molecule is C=C(SCCC)N(C(C)C)C(C)C. The fourth-order valence-corrected chi connectivity index (χ4v) is 2.48. The molecule has 0 aliphatic heterocycles. The first kappa shape index (κ1) is 12.9. The van der Waals surface area contributed by atoms with Crippen molar-refractivity contribution in [2.75, 3.05) is 5.75 Å². The van der Waals surface area contributed by atoms with E-state index in [1.54, 1.807) is 0 Å². The highest BCUT2D eigenvalue weighted by molar-refractivity contribution is 8.02. The van der Waals surface area contributed by atoms with Gasteiger partial charge in [-0.15, -0.1) is 11.8 Å². The Kier molecular flexibility index (Phi) is 6.31. The van der Waals surface area contributed by atoms with Gasteiger partial charge in [-0.1, -0.05) is 13.5 Å². The first-order valence-electron chi connectivity index (χ1n) is 5.10. The number of rotatable bonds is 6. The lowest BCUT2D eigenvalue weighted by Crippen LogP contribution is -2.34. The molecule has 13 heavy (non-hydrogen) atoms. The molecule has 0 saturated carbocycles. The summed E-state index contributed by atoms with van der Waals surface area (Å²) >= 11 is 1.87. The van der Waals surface area contributed by atoms with Gasteiger partial charge in [0.1, 0.15) is 0 Å². The molecule has 78 valence electrons. The smallest absolute Gasteiger partial charge is 0.0638 e. The molecule has 0 amide bonds. The lowest BCUT2D eigenvalue weighted by molar-refractivity contribution is 0.250. The zero-order chi connectivity index (χ0) is 10.4. The molecular formula is C11H23NS. The van der Waals surface area contributed by atoms with Crippen LogP contribution in [0.1, 0.15) is 41.0 Å². The van der Waals surface area contributed by atoms with E-state index in [-0.39, 0.29) is 0 Å². The Morgan fingerprint density at radius 3 is 2.00 bits per heavy atom. The summed E-state index contributed by atoms with van der Waals surface area (Å²) in [5.41, 5.74) is 0. The lowest BCUT2D eigenvalue weighted by atomic mass is 10.2. The summed E-state index contributed by atoms with van der Waals surface area (Å²) in [6.07, 6.45) is 1.22. The van der Waals surface area contributed by atoms with Crippen molar-refractivity contribution in [3.8, 4) is 0 Å². The molecular weight excluding hydrogens is 178 g/mol. The van der Waals surface area contributed by atoms with Gasteiger partial charge in [0.05, 0.1) is 5.03 Å². The van der Waals surface area contributed by atoms with Crippen LogP contribution >= 0.6 is 11.8 Å². The molecule has 0 atom stereocenters. The summed E-state index contributed by atoms with van der Waals surface area (Å²) in [4.78, 5) is 2.38. The van der Waals surface area contributed by atoms with E-state index in [1.807, 2.05) is 11.8 Å². The highest BCUT2D eigenvalue weighted by Gasteiger charge is 2.14. The second-order valence-corrected chi connectivity index (χ2v) is 5.01. The molecule has 0 saturated heterocycles. The van der Waals surface area contributed by atoms with E-state index in [0.717, 1.165) is 0 Å². The quantitative estimate of drug-likeness (QED) is 0.644. The number of thioether (sulfide) groups is 1. The molecule has 0 spiro atoms. The van der Waals surface area contributed by atoms with Crippen LogP contribution in [-0.4, -0.2) is 22.7 Å². The standard InChI is InChI=1S/C11H23NS/c1-7-8-13-11(6)12(9(2)3)10(4)5/h9-10H,6-8H2,1-5H3. The van der Waals surface area contributed by atoms with Crippen molar-refractivity contribution >= 4 is 11.8 Å². The van der Waals surface area contributed by atoms with Gasteiger partial charge in [0.15, 0.2) is 0 Å². The van der Waals surface area contributed by atoms with Crippen LogP contribution in [0, 0.1) is 0 Å². The highest BCUT2D eigenvalue weighted by atomic mass is 32.2. The minimum atomic E-state index is 0.553. The van der Waals surface area contributed by atoms with Gasteiger partial charge < -0.3 is 4.90 Å². The molecule has 0 bridgehead atoms. The van der Waals surface area contributed by atoms with Gasteiger partial charge in [-0.3, -0.25) is 0 Å². The molecule has 0 aliphatic carbocycles. The third kappa shape index (κ3) is 4.61. The average molecular weight is 201 g/mol. The van der Waals surface area contributed by atoms with Crippen LogP contribution in [0.15, 0.2) is 11.6 Å². The van der Waals surface area contributed by atoms with Crippen molar-refractivity contribution in [3.63, 3.8) is 0 Å². The van der Waals surface area contributed by atoms with Gasteiger partial charge in [0.2, 0.25) is 0 Å². The van der Waals surface area contributed by atoms with Gasteiger partial charge in [0.25, 0.3) is 0 Å². The van der Waals surface area contributed by atoms with Crippen molar-refractivity contribution in [2.45, 2.75) is 53.1 Å². The number of hydrogen-bond donors (Lipinski definition) is 0. The maximum Gasteiger partial charge on any atom is 0.0638 e. The van der Waals surface area contributed by atoms with Crippen molar-refractivity contribution in [2.24, 2.45) is 0 Å². The number of hydrogen-bond acceptors (Lipinski definition) is 2. The Hall–Kier alpha value is -0.110. The molecule has 0 aromatic rings. The van der Waals surface area contributed by atoms with Gasteiger partial charge in [0, 0.05) is 12.1 Å². The van der Waals surface area contributed by atoms with E-state index in [1.165, 1.54) is 17.2 Å². The topological polar surface area (TPSA) is 3.24 Å². The normalized spacial score (nSPS) is 11.0. The van der Waals surface area contributed by atoms with Gasteiger partial charge in [-0.05, 0) is 39.9 Å². The van der Waals surface area contributed by atoms with Crippen molar-refractivity contribution in [1.82, 2.24) is 4.90 Å². The molecule has 0 aromatic heterocycles. The Morgan fingerprint density at radius 1 is 1.23 bits per heavy atom. The van der Waals surface area contributed by atoms with E-state index in [2.05, 4.69) is 46.1 Å². The Bertz CT molecular complexity index is 144. The van der Waals surface area contributed by atoms with Crippen LogP contribution in [0.2, 0.25) is 0 Å². The van der Waals surface area contributed by atoms with Crippen LogP contribution in [0.3, 0.4) is 0 Å². The van der Waals surface area contributed by atoms with Crippen molar-refractivity contribution in [1.29, 1.82) is 0 Å². The van der Waals surface area contributed by atoms with E-state index in [4.69, 9.17) is 0 Å². The maximum atomic E-state index is 4.12. The van der Waals surface area contributed by atoms with Crippen LogP contribution < -0.4 is 0 Å². The predicted octanol–water partition coefficient (Wildman–Crippen LogP) is 3.72. The molecule has 0 heterocycles. The molecule has 0 aliphatic rings. The summed E-state index contributed by atoms with van der Waals surface area (Å²) in [7, 11) is 0. The highest BCUT2D eigenvalue weighted by Crippen LogP contribution is 2.23. The van der Waals surface area contributed by atoms with Crippen LogP contribution in [-0.2, 0) is 0 Å². The van der Waals surface area contributed by atoms with E-state index in [0.29, 0.717) is 12.1 Å². The number of nitrogens with zero attached hydrogens (tertiary/aromatic N) is 1. The second-order valence-electron chi connectivity index (χ2n) is 3.84. The first-order chi connectivity index (χ1) is 6.00. The molecule has 1 nitrogen and oxygen atoms in total. The molecule has 0 radical (unpaired) electrons. The third-order valence-electron chi connectivity index (χ3n) is 1.87. The average Bonchev–Trinajstić information content (AvgIpc) is 1.99.